The van der Waals surface area contributed by atoms with Gasteiger partial charge >= 0.3 is 0 Å². The molecule has 1 fully saturated rings. The molecule has 1 amide bonds. The maximum atomic E-state index is 12.1. The molecular formula is C20H31ClN2O2. The van der Waals surface area contributed by atoms with Gasteiger partial charge in [0.05, 0.1) is 16.9 Å². The fourth-order valence-corrected chi connectivity index (χ4v) is 3.66. The predicted octanol–water partition coefficient (Wildman–Crippen LogP) is 3.13. The molecule has 2 unspecified atom stereocenters. The van der Waals surface area contributed by atoms with Crippen molar-refractivity contribution in [3.05, 3.63) is 35.4 Å². The van der Waals surface area contributed by atoms with Crippen molar-refractivity contribution in [2.24, 2.45) is 5.92 Å². The molecule has 25 heavy (non-hydrogen) atoms. The highest BCUT2D eigenvalue weighted by Gasteiger charge is 2.40. The van der Waals surface area contributed by atoms with E-state index < -0.39 is 5.60 Å². The van der Waals surface area contributed by atoms with Gasteiger partial charge in [-0.25, -0.2) is 0 Å². The Kier molecular flexibility index (Phi) is 6.89. The number of alkyl halides is 1. The molecule has 1 aliphatic heterocycles. The van der Waals surface area contributed by atoms with Gasteiger partial charge in [-0.05, 0) is 57.3 Å². The summed E-state index contributed by atoms with van der Waals surface area (Å²) in [6.07, 6.45) is 2.37. The molecule has 1 aromatic rings. The lowest BCUT2D eigenvalue weighted by Gasteiger charge is -2.39. The second kappa shape index (κ2) is 8.52. The van der Waals surface area contributed by atoms with Crippen molar-refractivity contribution < 1.29 is 9.90 Å². The zero-order chi connectivity index (χ0) is 18.6. The Labute approximate surface area is 156 Å². The summed E-state index contributed by atoms with van der Waals surface area (Å²) >= 11 is 5.88. The zero-order valence-electron chi connectivity index (χ0n) is 15.8. The standard InChI is InChI=1S/C12H24N2O2.C8H7Cl/c1-9(2)14(4)11(15)10(3)12(16)5-7-13-8-6-12;9-8-5-6-3-1-2-4-7(6)8/h9-10,13,16H,5-8H2,1-4H3;1-4,8H,5H2. The van der Waals surface area contributed by atoms with Crippen LogP contribution in [0.15, 0.2) is 24.3 Å². The van der Waals surface area contributed by atoms with Crippen molar-refractivity contribution >= 4 is 17.5 Å². The third kappa shape index (κ3) is 4.75. The monoisotopic (exact) mass is 366 g/mol. The third-order valence-electron chi connectivity index (χ3n) is 5.56. The second-order valence-electron chi connectivity index (χ2n) is 7.49. The van der Waals surface area contributed by atoms with Crippen LogP contribution in [0.2, 0.25) is 0 Å². The minimum Gasteiger partial charge on any atom is -0.389 e. The van der Waals surface area contributed by atoms with E-state index in [4.69, 9.17) is 11.6 Å². The fourth-order valence-electron chi connectivity index (χ4n) is 3.28. The number of carbonyl (C=O) groups excluding carboxylic acids is 1. The largest absolute Gasteiger partial charge is 0.389 e. The van der Waals surface area contributed by atoms with Crippen molar-refractivity contribution in [2.75, 3.05) is 20.1 Å². The van der Waals surface area contributed by atoms with Crippen molar-refractivity contribution in [3.63, 3.8) is 0 Å². The molecule has 0 bridgehead atoms. The molecule has 4 nitrogen and oxygen atoms in total. The molecule has 0 spiro atoms. The molecule has 0 saturated carbocycles. The van der Waals surface area contributed by atoms with Gasteiger partial charge in [0.15, 0.2) is 0 Å². The number of carbonyl (C=O) groups is 1. The Morgan fingerprint density at radius 3 is 2.36 bits per heavy atom. The Morgan fingerprint density at radius 1 is 1.28 bits per heavy atom. The Balaban J connectivity index is 0.000000208. The fraction of sp³-hybridized carbons (Fsp3) is 0.650. The summed E-state index contributed by atoms with van der Waals surface area (Å²) in [6.45, 7) is 7.39. The summed E-state index contributed by atoms with van der Waals surface area (Å²) in [5, 5.41) is 13.9. The van der Waals surface area contributed by atoms with Gasteiger partial charge in [-0.3, -0.25) is 4.79 Å². The molecule has 1 heterocycles. The number of fused-ring (bicyclic) bond motifs is 1. The van der Waals surface area contributed by atoms with Crippen LogP contribution in [-0.4, -0.2) is 47.7 Å². The molecule has 1 saturated heterocycles. The Bertz CT molecular complexity index is 585. The lowest BCUT2D eigenvalue weighted by molar-refractivity contribution is -0.146. The predicted molar refractivity (Wildman–Crippen MR) is 103 cm³/mol. The van der Waals surface area contributed by atoms with E-state index >= 15 is 0 Å². The first-order valence-corrected chi connectivity index (χ1v) is 9.61. The van der Waals surface area contributed by atoms with E-state index in [0.717, 1.165) is 19.5 Å². The van der Waals surface area contributed by atoms with Gasteiger partial charge in [-0.15, -0.1) is 11.6 Å². The number of rotatable bonds is 3. The van der Waals surface area contributed by atoms with Crippen LogP contribution in [-0.2, 0) is 11.2 Å². The van der Waals surface area contributed by atoms with E-state index in [2.05, 4.69) is 23.5 Å². The highest BCUT2D eigenvalue weighted by Crippen LogP contribution is 2.37. The number of nitrogens with zero attached hydrogens (tertiary/aromatic N) is 1. The first-order chi connectivity index (χ1) is 11.8. The topological polar surface area (TPSA) is 52.6 Å². The van der Waals surface area contributed by atoms with Gasteiger partial charge in [-0.2, -0.15) is 0 Å². The molecule has 2 atom stereocenters. The highest BCUT2D eigenvalue weighted by molar-refractivity contribution is 6.22. The van der Waals surface area contributed by atoms with Gasteiger partial charge in [0.2, 0.25) is 5.91 Å². The number of amides is 1. The number of piperidine rings is 1. The number of benzene rings is 1. The van der Waals surface area contributed by atoms with Crippen LogP contribution in [0.25, 0.3) is 0 Å². The van der Waals surface area contributed by atoms with Crippen LogP contribution in [0.1, 0.15) is 50.1 Å². The number of hydrogen-bond donors (Lipinski definition) is 2. The quantitative estimate of drug-likeness (QED) is 0.808. The number of nitrogens with one attached hydrogen (secondary N) is 1. The van der Waals surface area contributed by atoms with Crippen LogP contribution in [0.5, 0.6) is 0 Å². The molecule has 3 rings (SSSR count). The average molecular weight is 367 g/mol. The van der Waals surface area contributed by atoms with Gasteiger partial charge < -0.3 is 15.3 Å². The summed E-state index contributed by atoms with van der Waals surface area (Å²) in [6, 6.07) is 8.50. The van der Waals surface area contributed by atoms with E-state index in [1.807, 2.05) is 26.8 Å². The summed E-state index contributed by atoms with van der Waals surface area (Å²) in [4.78, 5) is 13.8. The Hall–Kier alpha value is -1.10. The summed E-state index contributed by atoms with van der Waals surface area (Å²) in [7, 11) is 1.80. The highest BCUT2D eigenvalue weighted by atomic mass is 35.5. The number of hydrogen-bond acceptors (Lipinski definition) is 3. The molecule has 0 radical (unpaired) electrons. The van der Waals surface area contributed by atoms with Crippen LogP contribution < -0.4 is 5.32 Å². The molecule has 140 valence electrons. The SMILES string of the molecule is CC(C)N(C)C(=O)C(C)C1(O)CCNCC1.ClC1Cc2ccccc21. The molecule has 5 heteroatoms. The van der Waals surface area contributed by atoms with Crippen LogP contribution in [0.4, 0.5) is 0 Å². The minimum absolute atomic E-state index is 0.0411. The minimum atomic E-state index is -0.828. The number of aliphatic hydroxyl groups is 1. The molecule has 2 N–H and O–H groups in total. The van der Waals surface area contributed by atoms with E-state index in [1.165, 1.54) is 11.1 Å². The molecule has 1 aromatic carbocycles. The van der Waals surface area contributed by atoms with Gasteiger partial charge in [0.1, 0.15) is 0 Å². The van der Waals surface area contributed by atoms with Gasteiger partial charge in [0, 0.05) is 13.1 Å². The second-order valence-corrected chi connectivity index (χ2v) is 8.02. The average Bonchev–Trinajstić information content (AvgIpc) is 2.60. The van der Waals surface area contributed by atoms with E-state index in [-0.39, 0.29) is 17.9 Å². The van der Waals surface area contributed by atoms with E-state index in [9.17, 15) is 9.90 Å². The molecule has 0 aromatic heterocycles. The molecular weight excluding hydrogens is 336 g/mol. The van der Waals surface area contributed by atoms with Crippen molar-refractivity contribution in [1.82, 2.24) is 10.2 Å². The normalized spacial score (nSPS) is 22.1. The van der Waals surface area contributed by atoms with Crippen molar-refractivity contribution in [2.45, 2.75) is 57.1 Å². The summed E-state index contributed by atoms with van der Waals surface area (Å²) in [5.74, 6) is -0.276. The lowest BCUT2D eigenvalue weighted by atomic mass is 9.80. The summed E-state index contributed by atoms with van der Waals surface area (Å²) < 4.78 is 0. The van der Waals surface area contributed by atoms with E-state index in [1.54, 1.807) is 11.9 Å². The third-order valence-corrected chi connectivity index (χ3v) is 5.95. The van der Waals surface area contributed by atoms with Crippen LogP contribution in [0, 0.1) is 5.92 Å². The Morgan fingerprint density at radius 2 is 1.88 bits per heavy atom. The maximum absolute atomic E-state index is 12.1. The van der Waals surface area contributed by atoms with E-state index in [0.29, 0.717) is 18.2 Å². The van der Waals surface area contributed by atoms with Crippen molar-refractivity contribution in [1.29, 1.82) is 0 Å². The van der Waals surface area contributed by atoms with Gasteiger partial charge in [-0.1, -0.05) is 31.2 Å². The van der Waals surface area contributed by atoms with Crippen LogP contribution in [0.3, 0.4) is 0 Å². The maximum Gasteiger partial charge on any atom is 0.228 e. The lowest BCUT2D eigenvalue weighted by Crippen LogP contribution is -2.52. The first-order valence-electron chi connectivity index (χ1n) is 9.18. The van der Waals surface area contributed by atoms with Crippen molar-refractivity contribution in [3.8, 4) is 0 Å². The zero-order valence-corrected chi connectivity index (χ0v) is 16.5. The smallest absolute Gasteiger partial charge is 0.228 e. The molecule has 1 aliphatic carbocycles. The van der Waals surface area contributed by atoms with Crippen LogP contribution >= 0.6 is 11.6 Å². The first kappa shape index (κ1) is 20.2. The summed E-state index contributed by atoms with van der Waals surface area (Å²) in [5.41, 5.74) is 1.91. The molecule has 2 aliphatic rings. The number of halogens is 1. The van der Waals surface area contributed by atoms with Gasteiger partial charge in [0.25, 0.3) is 0 Å².